The monoisotopic (exact) mass is 231 g/mol. The van der Waals surface area contributed by atoms with Crippen LogP contribution in [-0.4, -0.2) is 22.2 Å². The number of aromatic nitrogens is 1. The molecule has 3 nitrogen and oxygen atoms in total. The van der Waals surface area contributed by atoms with E-state index in [1.165, 1.54) is 18.0 Å². The van der Waals surface area contributed by atoms with Gasteiger partial charge in [-0.05, 0) is 18.2 Å². The molecule has 0 atom stereocenters. The average Bonchev–Trinajstić information content (AvgIpc) is 2.31. The molecule has 1 aromatic carbocycles. The van der Waals surface area contributed by atoms with Gasteiger partial charge in [-0.1, -0.05) is 36.0 Å². The van der Waals surface area contributed by atoms with Gasteiger partial charge in [0.25, 0.3) is 0 Å². The van der Waals surface area contributed by atoms with E-state index in [0.717, 1.165) is 9.92 Å². The van der Waals surface area contributed by atoms with Gasteiger partial charge in [0.05, 0.1) is 0 Å². The van der Waals surface area contributed by atoms with Crippen molar-refractivity contribution in [2.24, 2.45) is 0 Å². The Bertz CT molecular complexity index is 447. The fourth-order valence-electron chi connectivity index (χ4n) is 1.21. The van der Waals surface area contributed by atoms with Crippen molar-refractivity contribution < 1.29 is 10.0 Å². The lowest BCUT2D eigenvalue weighted by Gasteiger charge is -2.02. The van der Waals surface area contributed by atoms with Crippen molar-refractivity contribution in [3.05, 3.63) is 48.7 Å². The van der Waals surface area contributed by atoms with E-state index >= 15 is 0 Å². The number of hydrogen-bond acceptors (Lipinski definition) is 4. The standard InChI is InChI=1S/C11H10BNO2S/c14-12(15)9-6-7-11(13-8-9)16-10-4-2-1-3-5-10/h1-8,14-15H. The number of hydrogen-bond donors (Lipinski definition) is 2. The van der Waals surface area contributed by atoms with Crippen molar-refractivity contribution in [3.63, 3.8) is 0 Å². The van der Waals surface area contributed by atoms with Crippen LogP contribution < -0.4 is 5.46 Å². The van der Waals surface area contributed by atoms with Crippen molar-refractivity contribution in [3.8, 4) is 0 Å². The molecule has 1 heterocycles. The maximum atomic E-state index is 8.91. The van der Waals surface area contributed by atoms with Crippen molar-refractivity contribution in [1.29, 1.82) is 0 Å². The quantitative estimate of drug-likeness (QED) is 0.771. The number of nitrogens with zero attached hydrogens (tertiary/aromatic N) is 1. The largest absolute Gasteiger partial charge is 0.490 e. The van der Waals surface area contributed by atoms with E-state index < -0.39 is 7.12 Å². The molecule has 0 saturated heterocycles. The Morgan fingerprint density at radius 2 is 1.75 bits per heavy atom. The molecule has 0 amide bonds. The van der Waals surface area contributed by atoms with E-state index in [-0.39, 0.29) is 0 Å². The molecular formula is C11H10BNO2S. The summed E-state index contributed by atoms with van der Waals surface area (Å²) in [6.45, 7) is 0. The van der Waals surface area contributed by atoms with Crippen molar-refractivity contribution >= 4 is 24.3 Å². The van der Waals surface area contributed by atoms with Gasteiger partial charge < -0.3 is 10.0 Å². The van der Waals surface area contributed by atoms with Crippen LogP contribution in [0.1, 0.15) is 0 Å². The summed E-state index contributed by atoms with van der Waals surface area (Å²) in [4.78, 5) is 5.24. The predicted octanol–water partition coefficient (Wildman–Crippen LogP) is 0.913. The zero-order valence-electron chi connectivity index (χ0n) is 8.45. The van der Waals surface area contributed by atoms with Gasteiger partial charge in [-0.15, -0.1) is 0 Å². The van der Waals surface area contributed by atoms with E-state index in [0.29, 0.717) is 5.46 Å². The smallest absolute Gasteiger partial charge is 0.423 e. The molecule has 1 aromatic heterocycles. The SMILES string of the molecule is OB(O)c1ccc(Sc2ccccc2)nc1. The lowest BCUT2D eigenvalue weighted by atomic mass is 9.82. The van der Waals surface area contributed by atoms with Gasteiger partial charge in [0.2, 0.25) is 0 Å². The first-order chi connectivity index (χ1) is 7.75. The van der Waals surface area contributed by atoms with Crippen LogP contribution in [0.5, 0.6) is 0 Å². The Balaban J connectivity index is 2.11. The first-order valence-corrected chi connectivity index (χ1v) is 5.62. The van der Waals surface area contributed by atoms with E-state index in [2.05, 4.69) is 4.98 Å². The van der Waals surface area contributed by atoms with Gasteiger partial charge in [-0.2, -0.15) is 0 Å². The lowest BCUT2D eigenvalue weighted by Crippen LogP contribution is -2.29. The topological polar surface area (TPSA) is 53.4 Å². The fourth-order valence-corrected chi connectivity index (χ4v) is 1.99. The highest BCUT2D eigenvalue weighted by Gasteiger charge is 2.10. The minimum atomic E-state index is -1.46. The van der Waals surface area contributed by atoms with E-state index in [1.54, 1.807) is 12.1 Å². The summed E-state index contributed by atoms with van der Waals surface area (Å²) >= 11 is 1.53. The van der Waals surface area contributed by atoms with Crippen molar-refractivity contribution in [2.45, 2.75) is 9.92 Å². The maximum Gasteiger partial charge on any atom is 0.490 e. The zero-order chi connectivity index (χ0) is 11.4. The molecule has 2 aromatic rings. The number of rotatable bonds is 3. The molecule has 0 aliphatic rings. The predicted molar refractivity (Wildman–Crippen MR) is 64.6 cm³/mol. The Kier molecular flexibility index (Phi) is 3.61. The molecule has 0 saturated carbocycles. The van der Waals surface area contributed by atoms with Crippen LogP contribution in [0.3, 0.4) is 0 Å². The van der Waals surface area contributed by atoms with Gasteiger partial charge in [0, 0.05) is 16.6 Å². The van der Waals surface area contributed by atoms with Crippen molar-refractivity contribution in [1.82, 2.24) is 4.98 Å². The Morgan fingerprint density at radius 1 is 1.00 bits per heavy atom. The van der Waals surface area contributed by atoms with Crippen molar-refractivity contribution in [2.75, 3.05) is 0 Å². The third-order valence-electron chi connectivity index (χ3n) is 2.02. The second-order valence-corrected chi connectivity index (χ2v) is 4.31. The summed E-state index contributed by atoms with van der Waals surface area (Å²) in [6, 6.07) is 13.3. The minimum absolute atomic E-state index is 0.400. The molecule has 16 heavy (non-hydrogen) atoms. The summed E-state index contributed by atoms with van der Waals surface area (Å²) in [5.41, 5.74) is 0.400. The Labute approximate surface area is 98.3 Å². The first-order valence-electron chi connectivity index (χ1n) is 4.81. The van der Waals surface area contributed by atoms with Gasteiger partial charge in [0.15, 0.2) is 0 Å². The average molecular weight is 231 g/mol. The summed E-state index contributed by atoms with van der Waals surface area (Å²) in [7, 11) is -1.46. The molecule has 0 fully saturated rings. The Hall–Kier alpha value is -1.30. The van der Waals surface area contributed by atoms with E-state index in [1.807, 2.05) is 30.3 Å². The molecular weight excluding hydrogens is 221 g/mol. The van der Waals surface area contributed by atoms with Crippen LogP contribution >= 0.6 is 11.8 Å². The third kappa shape index (κ3) is 2.85. The molecule has 2 rings (SSSR count). The van der Waals surface area contributed by atoms with Crippen LogP contribution in [-0.2, 0) is 0 Å². The van der Waals surface area contributed by atoms with Crippen LogP contribution in [0.2, 0.25) is 0 Å². The molecule has 5 heteroatoms. The van der Waals surface area contributed by atoms with Gasteiger partial charge in [0.1, 0.15) is 5.03 Å². The highest BCUT2D eigenvalue weighted by Crippen LogP contribution is 2.24. The molecule has 80 valence electrons. The zero-order valence-corrected chi connectivity index (χ0v) is 9.26. The van der Waals surface area contributed by atoms with Crippen LogP contribution in [0.25, 0.3) is 0 Å². The Morgan fingerprint density at radius 3 is 2.31 bits per heavy atom. The van der Waals surface area contributed by atoms with Gasteiger partial charge in [-0.3, -0.25) is 0 Å². The van der Waals surface area contributed by atoms with Gasteiger partial charge in [-0.25, -0.2) is 4.98 Å². The molecule has 0 aliphatic carbocycles. The molecule has 0 unspecified atom stereocenters. The summed E-state index contributed by atoms with van der Waals surface area (Å²) < 4.78 is 0. The summed E-state index contributed by atoms with van der Waals surface area (Å²) in [5, 5.41) is 18.7. The first kappa shape index (κ1) is 11.2. The second kappa shape index (κ2) is 5.16. The summed E-state index contributed by atoms with van der Waals surface area (Å²) in [5.74, 6) is 0. The highest BCUT2D eigenvalue weighted by atomic mass is 32.2. The molecule has 2 N–H and O–H groups in total. The van der Waals surface area contributed by atoms with Crippen LogP contribution in [0.4, 0.5) is 0 Å². The molecule has 0 radical (unpaired) electrons. The molecule has 0 aliphatic heterocycles. The lowest BCUT2D eigenvalue weighted by molar-refractivity contribution is 0.425. The minimum Gasteiger partial charge on any atom is -0.423 e. The number of benzene rings is 1. The van der Waals surface area contributed by atoms with Crippen LogP contribution in [0.15, 0.2) is 58.6 Å². The van der Waals surface area contributed by atoms with Crippen LogP contribution in [0, 0.1) is 0 Å². The highest BCUT2D eigenvalue weighted by molar-refractivity contribution is 7.99. The third-order valence-corrected chi connectivity index (χ3v) is 2.98. The fraction of sp³-hybridized carbons (Fsp3) is 0. The summed E-state index contributed by atoms with van der Waals surface area (Å²) in [6.07, 6.45) is 1.47. The van der Waals surface area contributed by atoms with E-state index in [4.69, 9.17) is 10.0 Å². The number of pyridine rings is 1. The van der Waals surface area contributed by atoms with Gasteiger partial charge >= 0.3 is 7.12 Å². The van der Waals surface area contributed by atoms with E-state index in [9.17, 15) is 0 Å². The second-order valence-electron chi connectivity index (χ2n) is 3.22. The maximum absolute atomic E-state index is 8.91. The molecule has 0 bridgehead atoms. The normalized spacial score (nSPS) is 10.1. The molecule has 0 spiro atoms.